The van der Waals surface area contributed by atoms with Gasteiger partial charge in [-0.3, -0.25) is 14.2 Å². The second kappa shape index (κ2) is 8.19. The fourth-order valence-electron chi connectivity index (χ4n) is 3.55. The van der Waals surface area contributed by atoms with Crippen molar-refractivity contribution in [2.24, 2.45) is 0 Å². The van der Waals surface area contributed by atoms with Crippen LogP contribution < -0.4 is 10.9 Å². The van der Waals surface area contributed by atoms with Crippen LogP contribution in [0.2, 0.25) is 0 Å². The van der Waals surface area contributed by atoms with Gasteiger partial charge in [0.05, 0.1) is 16.3 Å². The molecule has 5 nitrogen and oxygen atoms in total. The van der Waals surface area contributed by atoms with Crippen molar-refractivity contribution in [3.05, 3.63) is 50.1 Å². The minimum absolute atomic E-state index is 0.0000833. The van der Waals surface area contributed by atoms with Gasteiger partial charge in [-0.1, -0.05) is 24.8 Å². The third-order valence-electron chi connectivity index (χ3n) is 5.67. The number of rotatable bonds is 6. The number of carbonyl (C=O) groups excluding carboxylic acids is 1. The van der Waals surface area contributed by atoms with Crippen LogP contribution in [0.15, 0.2) is 28.2 Å². The molecule has 1 unspecified atom stereocenters. The van der Waals surface area contributed by atoms with E-state index >= 15 is 0 Å². The maximum absolute atomic E-state index is 13.7. The SMILES string of the molecule is CCc1c(C)sc2nc(SC(C)C(=O)NC3CC3)n(-c3ccc(C)c(C)c3)c(=O)c12. The molecule has 158 valence electrons. The number of aryl methyl sites for hydroxylation is 4. The Hall–Kier alpha value is -2.12. The predicted molar refractivity (Wildman–Crippen MR) is 125 cm³/mol. The molecule has 0 spiro atoms. The van der Waals surface area contributed by atoms with Gasteiger partial charge < -0.3 is 5.32 Å². The standard InChI is InChI=1S/C23H27N3O2S2/c1-6-18-14(4)29-21-19(18)22(28)26(17-10-7-12(2)13(3)11-17)23(25-21)30-15(5)20(27)24-16-8-9-16/h7,10-11,15-16H,6,8-9H2,1-5H3,(H,24,27). The zero-order valence-electron chi connectivity index (χ0n) is 18.0. The largest absolute Gasteiger partial charge is 0.352 e. The van der Waals surface area contributed by atoms with Gasteiger partial charge in [0.25, 0.3) is 5.56 Å². The molecule has 0 bridgehead atoms. The van der Waals surface area contributed by atoms with E-state index in [2.05, 4.69) is 19.2 Å². The molecule has 1 atom stereocenters. The Morgan fingerprint density at radius 1 is 1.30 bits per heavy atom. The summed E-state index contributed by atoms with van der Waals surface area (Å²) in [6.07, 6.45) is 2.90. The molecule has 2 heterocycles. The average Bonchev–Trinajstić information content (AvgIpc) is 3.44. The van der Waals surface area contributed by atoms with E-state index < -0.39 is 0 Å². The van der Waals surface area contributed by atoms with Gasteiger partial charge in [0.1, 0.15) is 4.83 Å². The maximum Gasteiger partial charge on any atom is 0.267 e. The molecule has 1 aliphatic rings. The molecule has 4 rings (SSSR count). The quantitative estimate of drug-likeness (QED) is 0.445. The van der Waals surface area contributed by atoms with Crippen molar-refractivity contribution in [1.29, 1.82) is 0 Å². The summed E-state index contributed by atoms with van der Waals surface area (Å²) in [5, 5.41) is 3.99. The number of nitrogens with zero attached hydrogens (tertiary/aromatic N) is 2. The van der Waals surface area contributed by atoms with E-state index in [4.69, 9.17) is 4.98 Å². The van der Waals surface area contributed by atoms with E-state index in [1.165, 1.54) is 17.3 Å². The number of fused-ring (bicyclic) bond motifs is 1. The highest BCUT2D eigenvalue weighted by atomic mass is 32.2. The number of benzene rings is 1. The van der Waals surface area contributed by atoms with E-state index in [1.54, 1.807) is 15.9 Å². The van der Waals surface area contributed by atoms with Crippen molar-refractivity contribution in [2.75, 3.05) is 0 Å². The van der Waals surface area contributed by atoms with Crippen LogP contribution in [-0.4, -0.2) is 26.8 Å². The third-order valence-corrected chi connectivity index (χ3v) is 7.77. The lowest BCUT2D eigenvalue weighted by Gasteiger charge is -2.16. The second-order valence-electron chi connectivity index (χ2n) is 8.02. The Bertz CT molecular complexity index is 1190. The van der Waals surface area contributed by atoms with E-state index in [-0.39, 0.29) is 16.7 Å². The first kappa shape index (κ1) is 21.1. The van der Waals surface area contributed by atoms with Gasteiger partial charge in [-0.05, 0) is 75.8 Å². The molecule has 0 aliphatic heterocycles. The van der Waals surface area contributed by atoms with Crippen molar-refractivity contribution in [1.82, 2.24) is 14.9 Å². The van der Waals surface area contributed by atoms with Crippen LogP contribution in [0.3, 0.4) is 0 Å². The fourth-order valence-corrected chi connectivity index (χ4v) is 5.64. The molecule has 0 saturated heterocycles. The topological polar surface area (TPSA) is 64.0 Å². The average molecular weight is 442 g/mol. The van der Waals surface area contributed by atoms with Crippen LogP contribution in [0.1, 0.15) is 48.3 Å². The third kappa shape index (κ3) is 3.93. The Balaban J connectivity index is 1.87. The molecule has 7 heteroatoms. The highest BCUT2D eigenvalue weighted by molar-refractivity contribution is 8.00. The summed E-state index contributed by atoms with van der Waals surface area (Å²) in [6, 6.07) is 6.32. The van der Waals surface area contributed by atoms with Crippen molar-refractivity contribution < 1.29 is 4.79 Å². The number of thioether (sulfide) groups is 1. The number of carbonyl (C=O) groups is 1. The van der Waals surface area contributed by atoms with Crippen LogP contribution in [0.25, 0.3) is 15.9 Å². The van der Waals surface area contributed by atoms with Crippen molar-refractivity contribution in [2.45, 2.75) is 70.3 Å². The van der Waals surface area contributed by atoms with Gasteiger partial charge in [0.15, 0.2) is 5.16 Å². The minimum Gasteiger partial charge on any atom is -0.352 e. The Morgan fingerprint density at radius 2 is 2.03 bits per heavy atom. The molecular formula is C23H27N3O2S2. The molecule has 1 saturated carbocycles. The molecule has 2 aromatic heterocycles. The van der Waals surface area contributed by atoms with E-state index in [1.807, 2.05) is 39.0 Å². The predicted octanol–water partition coefficient (Wildman–Crippen LogP) is 4.69. The number of amides is 1. The van der Waals surface area contributed by atoms with E-state index in [0.29, 0.717) is 16.6 Å². The molecule has 1 aromatic carbocycles. The van der Waals surface area contributed by atoms with Gasteiger partial charge in [0, 0.05) is 10.9 Å². The summed E-state index contributed by atoms with van der Waals surface area (Å²) >= 11 is 2.91. The van der Waals surface area contributed by atoms with Crippen LogP contribution in [0, 0.1) is 20.8 Å². The van der Waals surface area contributed by atoms with Gasteiger partial charge in [-0.25, -0.2) is 4.98 Å². The molecule has 1 N–H and O–H groups in total. The highest BCUT2D eigenvalue weighted by Gasteiger charge is 2.28. The van der Waals surface area contributed by atoms with Crippen molar-refractivity contribution in [3.8, 4) is 5.69 Å². The zero-order chi connectivity index (χ0) is 21.6. The van der Waals surface area contributed by atoms with Gasteiger partial charge in [-0.15, -0.1) is 11.3 Å². The summed E-state index contributed by atoms with van der Waals surface area (Å²) in [4.78, 5) is 33.0. The highest BCUT2D eigenvalue weighted by Crippen LogP contribution is 2.32. The maximum atomic E-state index is 13.7. The number of hydrogen-bond acceptors (Lipinski definition) is 5. The van der Waals surface area contributed by atoms with Gasteiger partial charge >= 0.3 is 0 Å². The van der Waals surface area contributed by atoms with Crippen LogP contribution in [0.4, 0.5) is 0 Å². The minimum atomic E-state index is -0.334. The molecule has 0 radical (unpaired) electrons. The first-order valence-corrected chi connectivity index (χ1v) is 12.1. The summed E-state index contributed by atoms with van der Waals surface area (Å²) in [6.45, 7) is 10.1. The van der Waals surface area contributed by atoms with Gasteiger partial charge in [0.2, 0.25) is 5.91 Å². The van der Waals surface area contributed by atoms with Gasteiger partial charge in [-0.2, -0.15) is 0 Å². The molecule has 1 fully saturated rings. The molecule has 3 aromatic rings. The zero-order valence-corrected chi connectivity index (χ0v) is 19.7. The summed E-state index contributed by atoms with van der Waals surface area (Å²) in [5.41, 5.74) is 4.10. The summed E-state index contributed by atoms with van der Waals surface area (Å²) in [7, 11) is 0. The number of nitrogens with one attached hydrogen (secondary N) is 1. The second-order valence-corrected chi connectivity index (χ2v) is 10.5. The van der Waals surface area contributed by atoms with Crippen molar-refractivity contribution >= 4 is 39.2 Å². The summed E-state index contributed by atoms with van der Waals surface area (Å²) < 4.78 is 1.69. The Morgan fingerprint density at radius 3 is 2.67 bits per heavy atom. The number of aromatic nitrogens is 2. The fraction of sp³-hybridized carbons (Fsp3) is 0.435. The molecule has 30 heavy (non-hydrogen) atoms. The molecule has 1 amide bonds. The monoisotopic (exact) mass is 441 g/mol. The normalized spacial score (nSPS) is 14.8. The van der Waals surface area contributed by atoms with Crippen molar-refractivity contribution in [3.63, 3.8) is 0 Å². The lowest BCUT2D eigenvalue weighted by molar-refractivity contribution is -0.120. The van der Waals surface area contributed by atoms with E-state index in [0.717, 1.165) is 45.8 Å². The summed E-state index contributed by atoms with van der Waals surface area (Å²) in [5.74, 6) is 0.0000833. The smallest absolute Gasteiger partial charge is 0.267 e. The van der Waals surface area contributed by atoms with Crippen LogP contribution in [0.5, 0.6) is 0 Å². The molecular weight excluding hydrogens is 414 g/mol. The molecule has 1 aliphatic carbocycles. The first-order valence-electron chi connectivity index (χ1n) is 10.4. The number of thiophene rings is 1. The van der Waals surface area contributed by atoms with E-state index in [9.17, 15) is 9.59 Å². The van der Waals surface area contributed by atoms with Crippen LogP contribution in [-0.2, 0) is 11.2 Å². The lowest BCUT2D eigenvalue weighted by Crippen LogP contribution is -2.33. The number of hydrogen-bond donors (Lipinski definition) is 1. The lowest BCUT2D eigenvalue weighted by atomic mass is 10.1. The Labute approximate surface area is 184 Å². The van der Waals surface area contributed by atoms with Crippen LogP contribution >= 0.6 is 23.1 Å². The first-order chi connectivity index (χ1) is 14.3. The Kier molecular flexibility index (Phi) is 5.77.